The van der Waals surface area contributed by atoms with E-state index in [1.165, 1.54) is 0 Å². The van der Waals surface area contributed by atoms with Crippen molar-refractivity contribution in [2.24, 2.45) is 0 Å². The molecular formula is C16H23N7O. The molecule has 0 bridgehead atoms. The lowest BCUT2D eigenvalue weighted by Crippen LogP contribution is -2.50. The number of amides is 1. The molecule has 1 aromatic carbocycles. The number of anilines is 1. The summed E-state index contributed by atoms with van der Waals surface area (Å²) in [5.41, 5.74) is 0.844. The third kappa shape index (κ3) is 3.88. The van der Waals surface area contributed by atoms with Gasteiger partial charge in [-0.1, -0.05) is 30.2 Å². The first-order valence-electron chi connectivity index (χ1n) is 8.39. The number of benzene rings is 1. The van der Waals surface area contributed by atoms with Crippen LogP contribution in [0, 0.1) is 0 Å². The number of rotatable bonds is 6. The Hall–Kier alpha value is -2.48. The van der Waals surface area contributed by atoms with E-state index in [0.29, 0.717) is 12.4 Å². The van der Waals surface area contributed by atoms with Crippen molar-refractivity contribution in [1.82, 2.24) is 30.8 Å². The number of carbonyl (C=O) groups excluding carboxylic acids is 1. The lowest BCUT2D eigenvalue weighted by molar-refractivity contribution is -0.122. The number of para-hydroxylation sites is 1. The Labute approximate surface area is 141 Å². The van der Waals surface area contributed by atoms with E-state index in [1.54, 1.807) is 4.68 Å². The zero-order valence-corrected chi connectivity index (χ0v) is 13.8. The largest absolute Gasteiger partial charge is 0.350 e. The maximum atomic E-state index is 12.5. The number of nitrogens with one attached hydrogen (secondary N) is 3. The zero-order chi connectivity index (χ0) is 16.8. The minimum Gasteiger partial charge on any atom is -0.350 e. The second-order valence-electron chi connectivity index (χ2n) is 5.91. The van der Waals surface area contributed by atoms with Gasteiger partial charge in [-0.25, -0.2) is 0 Å². The first-order valence-corrected chi connectivity index (χ1v) is 8.39. The Bertz CT molecular complexity index is 651. The van der Waals surface area contributed by atoms with Gasteiger partial charge in [-0.2, -0.15) is 4.68 Å². The summed E-state index contributed by atoms with van der Waals surface area (Å²) in [5, 5.41) is 21.3. The van der Waals surface area contributed by atoms with Gasteiger partial charge in [0.25, 0.3) is 0 Å². The zero-order valence-electron chi connectivity index (χ0n) is 13.8. The molecule has 0 aliphatic carbocycles. The van der Waals surface area contributed by atoms with E-state index in [1.807, 2.05) is 37.3 Å². The molecule has 1 fully saturated rings. The molecule has 0 spiro atoms. The Morgan fingerprint density at radius 1 is 1.42 bits per heavy atom. The van der Waals surface area contributed by atoms with E-state index in [0.717, 1.165) is 31.6 Å². The molecule has 1 saturated heterocycles. The summed E-state index contributed by atoms with van der Waals surface area (Å²) in [6, 6.07) is 9.41. The van der Waals surface area contributed by atoms with E-state index in [4.69, 9.17) is 0 Å². The van der Waals surface area contributed by atoms with Gasteiger partial charge >= 0.3 is 0 Å². The second-order valence-corrected chi connectivity index (χ2v) is 5.91. The highest BCUT2D eigenvalue weighted by molar-refractivity contribution is 5.84. The van der Waals surface area contributed by atoms with Crippen LogP contribution < -0.4 is 16.0 Å². The van der Waals surface area contributed by atoms with Gasteiger partial charge in [-0.05, 0) is 48.4 Å². The van der Waals surface area contributed by atoms with Gasteiger partial charge in [0.15, 0.2) is 0 Å². The summed E-state index contributed by atoms with van der Waals surface area (Å²) in [5.74, 6) is 0.443. The van der Waals surface area contributed by atoms with Crippen LogP contribution in [0.4, 0.5) is 5.95 Å². The van der Waals surface area contributed by atoms with E-state index in [9.17, 15) is 4.79 Å². The minimum absolute atomic E-state index is 0.0196. The molecule has 1 aromatic heterocycles. The maximum Gasteiger partial charge on any atom is 0.248 e. The Morgan fingerprint density at radius 2 is 2.25 bits per heavy atom. The molecule has 24 heavy (non-hydrogen) atoms. The van der Waals surface area contributed by atoms with Crippen LogP contribution in [0.25, 0.3) is 5.69 Å². The number of hydrogen-bond acceptors (Lipinski definition) is 6. The number of hydrogen-bond donors (Lipinski definition) is 3. The molecule has 1 aliphatic rings. The Balaban J connectivity index is 1.67. The number of tetrazole rings is 1. The fraction of sp³-hybridized carbons (Fsp3) is 0.500. The summed E-state index contributed by atoms with van der Waals surface area (Å²) in [6.45, 7) is 3.81. The SMILES string of the molecule is CCC(Nc1nnnn1-c1ccccc1)C(=O)N[C@H]1CCCNC1. The van der Waals surface area contributed by atoms with Crippen LogP contribution in [0.1, 0.15) is 26.2 Å². The lowest BCUT2D eigenvalue weighted by atomic mass is 10.1. The highest BCUT2D eigenvalue weighted by atomic mass is 16.2. The maximum absolute atomic E-state index is 12.5. The Morgan fingerprint density at radius 3 is 2.96 bits per heavy atom. The van der Waals surface area contributed by atoms with Crippen molar-refractivity contribution < 1.29 is 4.79 Å². The molecule has 0 radical (unpaired) electrons. The molecule has 8 nitrogen and oxygen atoms in total. The molecule has 2 heterocycles. The van der Waals surface area contributed by atoms with E-state index in [-0.39, 0.29) is 18.0 Å². The second kappa shape index (κ2) is 7.87. The van der Waals surface area contributed by atoms with E-state index < -0.39 is 0 Å². The summed E-state index contributed by atoms with van der Waals surface area (Å²) in [7, 11) is 0. The Kier molecular flexibility index (Phi) is 5.37. The van der Waals surface area contributed by atoms with Gasteiger partial charge in [-0.3, -0.25) is 4.79 Å². The highest BCUT2D eigenvalue weighted by Gasteiger charge is 2.23. The molecule has 2 atom stereocenters. The first-order chi connectivity index (χ1) is 11.8. The summed E-state index contributed by atoms with van der Waals surface area (Å²) in [6.07, 6.45) is 2.74. The average Bonchev–Trinajstić information content (AvgIpc) is 3.09. The summed E-state index contributed by atoms with van der Waals surface area (Å²) in [4.78, 5) is 12.5. The summed E-state index contributed by atoms with van der Waals surface area (Å²) >= 11 is 0. The van der Waals surface area contributed by atoms with Crippen LogP contribution in [0.3, 0.4) is 0 Å². The van der Waals surface area contributed by atoms with Crippen molar-refractivity contribution in [3.8, 4) is 5.69 Å². The number of aromatic nitrogens is 4. The third-order valence-corrected chi connectivity index (χ3v) is 4.14. The van der Waals surface area contributed by atoms with Gasteiger partial charge < -0.3 is 16.0 Å². The predicted octanol–water partition coefficient (Wildman–Crippen LogP) is 0.721. The van der Waals surface area contributed by atoms with Crippen LogP contribution >= 0.6 is 0 Å². The lowest BCUT2D eigenvalue weighted by Gasteiger charge is -2.26. The minimum atomic E-state index is -0.375. The van der Waals surface area contributed by atoms with Crippen LogP contribution in [0.5, 0.6) is 0 Å². The van der Waals surface area contributed by atoms with Crippen molar-refractivity contribution in [3.63, 3.8) is 0 Å². The monoisotopic (exact) mass is 329 g/mol. The van der Waals surface area contributed by atoms with Gasteiger partial charge in [-0.15, -0.1) is 0 Å². The van der Waals surface area contributed by atoms with Crippen molar-refractivity contribution >= 4 is 11.9 Å². The van der Waals surface area contributed by atoms with Crippen molar-refractivity contribution in [2.75, 3.05) is 18.4 Å². The normalized spacial score (nSPS) is 18.8. The molecule has 8 heteroatoms. The van der Waals surface area contributed by atoms with E-state index >= 15 is 0 Å². The first kappa shape index (κ1) is 16.4. The van der Waals surface area contributed by atoms with E-state index in [2.05, 4.69) is 31.5 Å². The molecule has 2 aromatic rings. The molecule has 1 unspecified atom stereocenters. The molecule has 3 N–H and O–H groups in total. The van der Waals surface area contributed by atoms with Crippen LogP contribution in [-0.4, -0.2) is 51.3 Å². The molecule has 0 saturated carbocycles. The van der Waals surface area contributed by atoms with Gasteiger partial charge in [0.05, 0.1) is 5.69 Å². The molecule has 128 valence electrons. The number of piperidine rings is 1. The smallest absolute Gasteiger partial charge is 0.248 e. The average molecular weight is 329 g/mol. The van der Waals surface area contributed by atoms with Gasteiger partial charge in [0, 0.05) is 12.6 Å². The molecule has 1 aliphatic heterocycles. The van der Waals surface area contributed by atoms with Crippen LogP contribution in [0.2, 0.25) is 0 Å². The fourth-order valence-electron chi connectivity index (χ4n) is 2.81. The van der Waals surface area contributed by atoms with Crippen LogP contribution in [0.15, 0.2) is 30.3 Å². The highest BCUT2D eigenvalue weighted by Crippen LogP contribution is 2.13. The summed E-state index contributed by atoms with van der Waals surface area (Å²) < 4.78 is 1.60. The topological polar surface area (TPSA) is 96.8 Å². The third-order valence-electron chi connectivity index (χ3n) is 4.14. The van der Waals surface area contributed by atoms with Crippen LogP contribution in [-0.2, 0) is 4.79 Å². The predicted molar refractivity (Wildman–Crippen MR) is 90.9 cm³/mol. The quantitative estimate of drug-likeness (QED) is 0.723. The molecule has 1 amide bonds. The van der Waals surface area contributed by atoms with Crippen molar-refractivity contribution in [2.45, 2.75) is 38.3 Å². The number of carbonyl (C=O) groups is 1. The van der Waals surface area contributed by atoms with Crippen molar-refractivity contribution in [1.29, 1.82) is 0 Å². The molecular weight excluding hydrogens is 306 g/mol. The van der Waals surface area contributed by atoms with Crippen molar-refractivity contribution in [3.05, 3.63) is 30.3 Å². The number of nitrogens with zero attached hydrogens (tertiary/aromatic N) is 4. The van der Waals surface area contributed by atoms with Gasteiger partial charge in [0.2, 0.25) is 11.9 Å². The standard InChI is InChI=1S/C16H23N7O/c1-2-14(15(24)18-12-7-6-10-17-11-12)19-16-20-21-22-23(16)13-8-4-3-5-9-13/h3-5,8-9,12,14,17H,2,6-7,10-11H2,1H3,(H,18,24)(H,19,20,22)/t12-,14?/m0/s1. The molecule has 3 rings (SSSR count). The fourth-order valence-corrected chi connectivity index (χ4v) is 2.81. The van der Waals surface area contributed by atoms with Gasteiger partial charge in [0.1, 0.15) is 6.04 Å².